The molecule has 2 N–H and O–H groups in total. The molecule has 18 heteroatoms. The Balaban J connectivity index is 0.000000202. The normalized spacial score (nSPS) is 16.3. The maximum atomic E-state index is 14.9. The quantitative estimate of drug-likeness (QED) is 0.124. The third-order valence-corrected chi connectivity index (χ3v) is 19.8. The summed E-state index contributed by atoms with van der Waals surface area (Å²) in [5.41, 5.74) is 10.0. The molecule has 4 aliphatic rings. The maximum Gasteiger partial charge on any atom is 0.302 e. The van der Waals surface area contributed by atoms with Crippen molar-refractivity contribution >= 4 is 6.08 Å². The van der Waals surface area contributed by atoms with Gasteiger partial charge in [0.05, 0.1) is 24.3 Å². The first-order valence-electron chi connectivity index (χ1n) is 36.8. The Hall–Kier alpha value is -6.89. The van der Waals surface area contributed by atoms with Gasteiger partial charge in [-0.25, -0.2) is 48.3 Å². The van der Waals surface area contributed by atoms with E-state index in [0.717, 1.165) is 66.5 Å². The summed E-state index contributed by atoms with van der Waals surface area (Å²) in [6, 6.07) is 38.6. The molecule has 588 valence electrons. The van der Waals surface area contributed by atoms with E-state index in [0.29, 0.717) is 36.6 Å². The molecular weight excluding hydrogens is 1400 g/mol. The lowest BCUT2D eigenvalue weighted by Gasteiger charge is -2.37. The molecule has 3 fully saturated rings. The van der Waals surface area contributed by atoms with E-state index in [1.807, 2.05) is 79.4 Å². The van der Waals surface area contributed by atoms with Gasteiger partial charge in [0, 0.05) is 41.4 Å². The minimum atomic E-state index is -3.33. The molecule has 0 radical (unpaired) electrons. The lowest BCUT2D eigenvalue weighted by Crippen LogP contribution is -2.50. The lowest BCUT2D eigenvalue weighted by atomic mass is 9.74. The van der Waals surface area contributed by atoms with Crippen LogP contribution in [0.2, 0.25) is 0 Å². The molecule has 1 atom stereocenters. The first-order valence-corrected chi connectivity index (χ1v) is 36.8. The topological polar surface area (TPSA) is 38.5 Å². The van der Waals surface area contributed by atoms with E-state index in [2.05, 4.69) is 82.3 Å². The zero-order chi connectivity index (χ0) is 80.5. The minimum absolute atomic E-state index is 0.0682. The summed E-state index contributed by atoms with van der Waals surface area (Å²) in [6.45, 7) is 37.2. The standard InChI is InChI=1S/C18H24F3NO.C18H22.C15H19F3.C14H16F2.C12H14F4.C12H16F3N/c1-17(2,3)13-5-4-6-14(16(13)19)18(20,21)15-11-22(9-10-23-15)12-7-8-12;1-5-14-9-6-7-12-17(14)15-10-8-11-16(13-15)18(2,3)4;1-14(2,3)11-7-10(13(16)17)8-12(9-11)15(18)5-4-6-15;1-14(2,3)10-7-9-5-4-6-11(9)12(8-10)13(15)16;1-12(2,3)8-6-4-5-7(10(13)14)9(8)11(15)16;1-11(2,3)8-5-4-6-9(10(8)13)12(14,15)7-16/h4-6,12,15H,7-11H2,1-3H3;6-13H,5H2,1-4H3;7-9,13H,4-6H2,1-3H3;4,6-8,13H,5H2,1-3H3;4-6,10-11H,1-3H3;4-6H,7,16H2,1-3H3. The fourth-order valence-corrected chi connectivity index (χ4v) is 12.9. The predicted octanol–water partition coefficient (Wildman–Crippen LogP) is 27.1. The number of benzene rings is 7. The highest BCUT2D eigenvalue weighted by Gasteiger charge is 2.49. The number of rotatable bonds is 12. The summed E-state index contributed by atoms with van der Waals surface area (Å²) >= 11 is 0. The van der Waals surface area contributed by atoms with Crippen LogP contribution in [0, 0.1) is 11.6 Å². The molecule has 3 nitrogen and oxygen atoms in total. The van der Waals surface area contributed by atoms with E-state index < -0.39 is 106 Å². The van der Waals surface area contributed by atoms with Gasteiger partial charge in [0.25, 0.3) is 31.6 Å². The van der Waals surface area contributed by atoms with Crippen LogP contribution in [0.25, 0.3) is 17.2 Å². The number of alkyl halides is 13. The highest BCUT2D eigenvalue weighted by atomic mass is 19.3. The molecule has 7 aromatic carbocycles. The van der Waals surface area contributed by atoms with Crippen molar-refractivity contribution in [1.29, 1.82) is 0 Å². The number of allylic oxidation sites excluding steroid dienone is 1. The number of aryl methyl sites for hydroxylation is 1. The molecule has 107 heavy (non-hydrogen) atoms. The molecule has 0 amide bonds. The zero-order valence-electron chi connectivity index (χ0n) is 65.7. The van der Waals surface area contributed by atoms with Gasteiger partial charge < -0.3 is 10.5 Å². The second-order valence-corrected chi connectivity index (χ2v) is 34.5. The van der Waals surface area contributed by atoms with Crippen LogP contribution < -0.4 is 5.73 Å². The SMILES string of the molecule is CC(C)(C)c1cc(C(F)F)cc(C2(F)CCC2)c1.CC(C)(C)c1cc2c(c(C(F)F)c1)C=CC2.CC(C)(C)c1cccc(C(F)(F)C2CN(C3CC3)CCO2)c1F.CC(C)(C)c1cccc(C(F)(F)CN)c1F.CC(C)(C)c1cccc(C(F)F)c1C(F)F.CCc1ccccc1-c1cccc(C(C)(C)C)c1. The van der Waals surface area contributed by atoms with Gasteiger partial charge in [0.1, 0.15) is 23.4 Å². The molecule has 2 saturated carbocycles. The number of hydrogen-bond donors (Lipinski definition) is 1. The van der Waals surface area contributed by atoms with Crippen molar-refractivity contribution in [2.75, 3.05) is 26.2 Å². The van der Waals surface area contributed by atoms with Gasteiger partial charge in [-0.2, -0.15) is 17.6 Å². The van der Waals surface area contributed by atoms with Crippen LogP contribution in [-0.4, -0.2) is 43.3 Å². The Labute approximate surface area is 626 Å². The van der Waals surface area contributed by atoms with Gasteiger partial charge in [-0.15, -0.1) is 0 Å². The Kier molecular flexibility index (Phi) is 29.5. The number of morpholine rings is 1. The molecular formula is C89H111F15N2O. The van der Waals surface area contributed by atoms with Crippen LogP contribution >= 0.6 is 0 Å². The monoisotopic (exact) mass is 1510 g/mol. The summed E-state index contributed by atoms with van der Waals surface area (Å²) in [6.07, 6.45) is -2.51. The molecule has 0 aromatic heterocycles. The second-order valence-electron chi connectivity index (χ2n) is 34.5. The minimum Gasteiger partial charge on any atom is -0.369 e. The van der Waals surface area contributed by atoms with Crippen LogP contribution in [0.5, 0.6) is 0 Å². The molecule has 0 spiro atoms. The fourth-order valence-electron chi connectivity index (χ4n) is 12.9. The van der Waals surface area contributed by atoms with Crippen molar-refractivity contribution < 1.29 is 70.6 Å². The van der Waals surface area contributed by atoms with Gasteiger partial charge in [0.15, 0.2) is 0 Å². The first-order chi connectivity index (χ1) is 49.3. The second kappa shape index (κ2) is 35.4. The van der Waals surface area contributed by atoms with Crippen molar-refractivity contribution in [3.63, 3.8) is 0 Å². The van der Waals surface area contributed by atoms with E-state index in [1.54, 1.807) is 59.7 Å². The lowest BCUT2D eigenvalue weighted by molar-refractivity contribution is -0.175. The Morgan fingerprint density at radius 1 is 0.514 bits per heavy atom. The first kappa shape index (κ1) is 89.0. The van der Waals surface area contributed by atoms with Crippen LogP contribution in [-0.2, 0) is 67.6 Å². The fraction of sp³-hybridized carbons (Fsp3) is 0.506. The number of nitrogens with two attached hydrogens (primary N) is 1. The zero-order valence-corrected chi connectivity index (χ0v) is 65.7. The van der Waals surface area contributed by atoms with Crippen LogP contribution in [0.15, 0.2) is 140 Å². The third kappa shape index (κ3) is 23.3. The van der Waals surface area contributed by atoms with Crippen molar-refractivity contribution in [2.45, 2.75) is 264 Å². The van der Waals surface area contributed by atoms with Gasteiger partial charge in [0.2, 0.25) is 0 Å². The average Bonchev–Trinajstić information content (AvgIpc) is 1.55. The molecule has 1 aliphatic heterocycles. The van der Waals surface area contributed by atoms with Crippen molar-refractivity contribution in [2.24, 2.45) is 5.73 Å². The number of halogens is 15. The van der Waals surface area contributed by atoms with Gasteiger partial charge in [-0.1, -0.05) is 253 Å². The molecule has 1 saturated heterocycles. The molecule has 0 bridgehead atoms. The molecule has 3 aliphatic carbocycles. The number of hydrogen-bond acceptors (Lipinski definition) is 3. The Bertz CT molecular complexity index is 4090. The van der Waals surface area contributed by atoms with Crippen molar-refractivity contribution in [3.8, 4) is 11.1 Å². The van der Waals surface area contributed by atoms with Crippen LogP contribution in [0.3, 0.4) is 0 Å². The van der Waals surface area contributed by atoms with Crippen molar-refractivity contribution in [1.82, 2.24) is 4.90 Å². The smallest absolute Gasteiger partial charge is 0.302 e. The highest BCUT2D eigenvalue weighted by molar-refractivity contribution is 5.68. The summed E-state index contributed by atoms with van der Waals surface area (Å²) < 4.78 is 208. The summed E-state index contributed by atoms with van der Waals surface area (Å²) in [5.74, 6) is -8.31. The van der Waals surface area contributed by atoms with Crippen molar-refractivity contribution in [3.05, 3.63) is 240 Å². The van der Waals surface area contributed by atoms with E-state index in [1.165, 1.54) is 70.8 Å². The van der Waals surface area contributed by atoms with E-state index in [4.69, 9.17) is 10.5 Å². The van der Waals surface area contributed by atoms with E-state index >= 15 is 0 Å². The Morgan fingerprint density at radius 3 is 1.50 bits per heavy atom. The number of ether oxygens (including phenoxy) is 1. The van der Waals surface area contributed by atoms with E-state index in [-0.39, 0.29) is 51.7 Å². The summed E-state index contributed by atoms with van der Waals surface area (Å²) in [5, 5.41) is 0. The third-order valence-electron chi connectivity index (χ3n) is 19.8. The summed E-state index contributed by atoms with van der Waals surface area (Å²) in [7, 11) is 0. The maximum absolute atomic E-state index is 14.9. The largest absolute Gasteiger partial charge is 0.369 e. The molecule has 1 heterocycles. The van der Waals surface area contributed by atoms with Gasteiger partial charge in [-0.05, 0) is 168 Å². The van der Waals surface area contributed by atoms with E-state index in [9.17, 15) is 65.9 Å². The molecule has 1 unspecified atom stereocenters. The predicted molar refractivity (Wildman–Crippen MR) is 406 cm³/mol. The summed E-state index contributed by atoms with van der Waals surface area (Å²) in [4.78, 5) is 2.05. The molecule has 11 rings (SSSR count). The van der Waals surface area contributed by atoms with Crippen LogP contribution in [0.1, 0.15) is 278 Å². The number of nitrogens with zero attached hydrogens (tertiary/aromatic N) is 1. The average molecular weight is 1510 g/mol. The van der Waals surface area contributed by atoms with Gasteiger partial charge >= 0.3 is 5.92 Å². The molecule has 7 aromatic rings. The van der Waals surface area contributed by atoms with Gasteiger partial charge in [-0.3, -0.25) is 4.90 Å². The number of fused-ring (bicyclic) bond motifs is 1. The van der Waals surface area contributed by atoms with Crippen LogP contribution in [0.4, 0.5) is 65.9 Å². The highest BCUT2D eigenvalue weighted by Crippen LogP contribution is 2.48. The Morgan fingerprint density at radius 2 is 1.02 bits per heavy atom.